The second kappa shape index (κ2) is 10.4. The predicted octanol–water partition coefficient (Wildman–Crippen LogP) is 3.20. The van der Waals surface area contributed by atoms with Crippen molar-refractivity contribution in [2.75, 3.05) is 33.4 Å². The van der Waals surface area contributed by atoms with Gasteiger partial charge < -0.3 is 14.5 Å². The second-order valence-corrected chi connectivity index (χ2v) is 8.01. The number of hydrogen-bond acceptors (Lipinski definition) is 5. The van der Waals surface area contributed by atoms with Crippen molar-refractivity contribution in [1.29, 1.82) is 0 Å². The molecule has 2 aromatic rings. The highest BCUT2D eigenvalue weighted by molar-refractivity contribution is 5.96. The molecule has 2 aliphatic heterocycles. The molecule has 2 aromatic carbocycles. The fourth-order valence-corrected chi connectivity index (χ4v) is 4.19. The predicted molar refractivity (Wildman–Crippen MR) is 121 cm³/mol. The summed E-state index contributed by atoms with van der Waals surface area (Å²) in [5.41, 5.74) is 6.46. The van der Waals surface area contributed by atoms with Crippen molar-refractivity contribution in [3.63, 3.8) is 0 Å². The third-order valence-electron chi connectivity index (χ3n) is 5.91. The Hall–Kier alpha value is -3.16. The molecule has 2 amide bonds. The van der Waals surface area contributed by atoms with Crippen molar-refractivity contribution in [2.45, 2.75) is 25.3 Å². The lowest BCUT2D eigenvalue weighted by molar-refractivity contribution is -0.135. The van der Waals surface area contributed by atoms with E-state index in [1.54, 1.807) is 18.2 Å². The largest absolute Gasteiger partial charge is 0.378 e. The summed E-state index contributed by atoms with van der Waals surface area (Å²) in [6, 6.07) is 17.6. The first-order valence-electron chi connectivity index (χ1n) is 11.0. The fourth-order valence-electron chi connectivity index (χ4n) is 4.19. The SMILES string of the molecule is CONC1=CN(C(=O)c2ccc(-c3ccccc3)cc2)C(CCC(=O)N2CCOCC2)C1. The molecular weight excluding hydrogens is 406 g/mol. The first-order valence-corrected chi connectivity index (χ1v) is 11.0. The summed E-state index contributed by atoms with van der Waals surface area (Å²) in [6.45, 7) is 2.44. The molecule has 1 fully saturated rings. The Morgan fingerprint density at radius 3 is 2.41 bits per heavy atom. The highest BCUT2D eigenvalue weighted by atomic mass is 16.6. The third-order valence-corrected chi connectivity index (χ3v) is 5.91. The van der Waals surface area contributed by atoms with Crippen LogP contribution in [0.25, 0.3) is 11.1 Å². The van der Waals surface area contributed by atoms with E-state index in [4.69, 9.17) is 9.57 Å². The monoisotopic (exact) mass is 435 g/mol. The maximum atomic E-state index is 13.3. The molecule has 7 nitrogen and oxygen atoms in total. The average molecular weight is 436 g/mol. The fraction of sp³-hybridized carbons (Fsp3) is 0.360. The molecule has 168 valence electrons. The van der Waals surface area contributed by atoms with Gasteiger partial charge in [0.1, 0.15) is 0 Å². The van der Waals surface area contributed by atoms with Crippen molar-refractivity contribution >= 4 is 11.8 Å². The second-order valence-electron chi connectivity index (χ2n) is 8.01. The van der Waals surface area contributed by atoms with Crippen molar-refractivity contribution in [1.82, 2.24) is 15.3 Å². The van der Waals surface area contributed by atoms with Gasteiger partial charge in [-0.25, -0.2) is 0 Å². The van der Waals surface area contributed by atoms with E-state index in [1.165, 1.54) is 0 Å². The topological polar surface area (TPSA) is 71.1 Å². The molecule has 1 atom stereocenters. The van der Waals surface area contributed by atoms with E-state index in [1.807, 2.05) is 59.5 Å². The molecule has 1 N–H and O–H groups in total. The van der Waals surface area contributed by atoms with Crippen LogP contribution in [0.15, 0.2) is 66.5 Å². The number of hydrogen-bond donors (Lipinski definition) is 1. The number of carbonyl (C=O) groups excluding carboxylic acids is 2. The lowest BCUT2D eigenvalue weighted by Crippen LogP contribution is -2.41. The van der Waals surface area contributed by atoms with Crippen molar-refractivity contribution < 1.29 is 19.2 Å². The van der Waals surface area contributed by atoms with E-state index in [9.17, 15) is 9.59 Å². The van der Waals surface area contributed by atoms with Gasteiger partial charge in [0, 0.05) is 43.7 Å². The summed E-state index contributed by atoms with van der Waals surface area (Å²) in [5, 5.41) is 0. The van der Waals surface area contributed by atoms with Crippen LogP contribution in [0, 0.1) is 0 Å². The van der Waals surface area contributed by atoms with Gasteiger partial charge in [-0.1, -0.05) is 42.5 Å². The minimum Gasteiger partial charge on any atom is -0.378 e. The molecule has 7 heteroatoms. The van der Waals surface area contributed by atoms with Gasteiger partial charge in [-0.05, 0) is 29.7 Å². The Balaban J connectivity index is 1.44. The lowest BCUT2D eigenvalue weighted by atomic mass is 10.0. The maximum Gasteiger partial charge on any atom is 0.258 e. The standard InChI is InChI=1S/C25H29N3O4/c1-31-26-22-17-23(11-12-24(29)27-13-15-32-16-14-27)28(18-22)25(30)21-9-7-20(8-10-21)19-5-3-2-4-6-19/h2-10,18,23,26H,11-17H2,1H3. The molecule has 0 saturated carbocycles. The van der Waals surface area contributed by atoms with Gasteiger partial charge in [-0.2, -0.15) is 0 Å². The summed E-state index contributed by atoms with van der Waals surface area (Å²) < 4.78 is 5.33. The Kier molecular flexibility index (Phi) is 7.19. The van der Waals surface area contributed by atoms with Crippen LogP contribution < -0.4 is 5.48 Å². The molecule has 0 radical (unpaired) electrons. The van der Waals surface area contributed by atoms with Gasteiger partial charge in [-0.15, -0.1) is 0 Å². The molecular formula is C25H29N3O4. The van der Waals surface area contributed by atoms with Gasteiger partial charge in [-0.3, -0.25) is 19.9 Å². The molecule has 4 rings (SSSR count). The number of morpholine rings is 1. The molecule has 0 aliphatic carbocycles. The summed E-state index contributed by atoms with van der Waals surface area (Å²) in [5.74, 6) is 0.0300. The zero-order valence-corrected chi connectivity index (χ0v) is 18.3. The number of nitrogens with one attached hydrogen (secondary N) is 1. The molecule has 0 bridgehead atoms. The molecule has 1 unspecified atom stereocenters. The van der Waals surface area contributed by atoms with E-state index in [0.29, 0.717) is 51.1 Å². The number of amides is 2. The maximum absolute atomic E-state index is 13.3. The number of benzene rings is 2. The van der Waals surface area contributed by atoms with Crippen LogP contribution in [0.4, 0.5) is 0 Å². The zero-order valence-electron chi connectivity index (χ0n) is 18.3. The lowest BCUT2D eigenvalue weighted by Gasteiger charge is -2.28. The van der Waals surface area contributed by atoms with Gasteiger partial charge in [0.05, 0.1) is 26.0 Å². The first kappa shape index (κ1) is 22.0. The van der Waals surface area contributed by atoms with Crippen LogP contribution in [0.2, 0.25) is 0 Å². The molecule has 1 saturated heterocycles. The van der Waals surface area contributed by atoms with Crippen LogP contribution in [0.5, 0.6) is 0 Å². The zero-order chi connectivity index (χ0) is 22.3. The third kappa shape index (κ3) is 5.18. The van der Waals surface area contributed by atoms with Crippen LogP contribution in [0.1, 0.15) is 29.6 Å². The van der Waals surface area contributed by atoms with Gasteiger partial charge in [0.25, 0.3) is 5.91 Å². The first-order chi connectivity index (χ1) is 15.7. The minimum atomic E-state index is -0.0982. The van der Waals surface area contributed by atoms with Crippen LogP contribution in [-0.4, -0.2) is 61.1 Å². The Morgan fingerprint density at radius 2 is 1.72 bits per heavy atom. The van der Waals surface area contributed by atoms with Gasteiger partial charge >= 0.3 is 0 Å². The average Bonchev–Trinajstić information content (AvgIpc) is 3.26. The Labute approximate surface area is 188 Å². The Bertz CT molecular complexity index is 953. The Morgan fingerprint density at radius 1 is 1.03 bits per heavy atom. The number of ether oxygens (including phenoxy) is 1. The number of hydroxylamine groups is 1. The van der Waals surface area contributed by atoms with Crippen molar-refractivity contribution in [2.24, 2.45) is 0 Å². The smallest absolute Gasteiger partial charge is 0.258 e. The molecule has 2 aliphatic rings. The van der Waals surface area contributed by atoms with E-state index in [-0.39, 0.29) is 17.9 Å². The summed E-state index contributed by atoms with van der Waals surface area (Å²) in [4.78, 5) is 34.5. The van der Waals surface area contributed by atoms with Crippen LogP contribution in [-0.2, 0) is 14.4 Å². The summed E-state index contributed by atoms with van der Waals surface area (Å²) in [6.07, 6.45) is 3.41. The van der Waals surface area contributed by atoms with Crippen molar-refractivity contribution in [3.8, 4) is 11.1 Å². The van der Waals surface area contributed by atoms with E-state index in [0.717, 1.165) is 16.8 Å². The van der Waals surface area contributed by atoms with E-state index < -0.39 is 0 Å². The van der Waals surface area contributed by atoms with Crippen molar-refractivity contribution in [3.05, 3.63) is 72.1 Å². The number of nitrogens with zero attached hydrogens (tertiary/aromatic N) is 2. The summed E-state index contributed by atoms with van der Waals surface area (Å²) >= 11 is 0. The molecule has 32 heavy (non-hydrogen) atoms. The van der Waals surface area contributed by atoms with Crippen LogP contribution in [0.3, 0.4) is 0 Å². The minimum absolute atomic E-state index is 0.0821. The normalized spacial score (nSPS) is 18.4. The van der Waals surface area contributed by atoms with Gasteiger partial charge in [0.2, 0.25) is 5.91 Å². The highest BCUT2D eigenvalue weighted by Crippen LogP contribution is 2.27. The quantitative estimate of drug-likeness (QED) is 0.677. The number of carbonyl (C=O) groups is 2. The van der Waals surface area contributed by atoms with E-state index >= 15 is 0 Å². The highest BCUT2D eigenvalue weighted by Gasteiger charge is 2.31. The van der Waals surface area contributed by atoms with E-state index in [2.05, 4.69) is 5.48 Å². The summed E-state index contributed by atoms with van der Waals surface area (Å²) in [7, 11) is 1.55. The number of rotatable bonds is 7. The molecule has 0 aromatic heterocycles. The molecule has 0 spiro atoms. The van der Waals surface area contributed by atoms with Gasteiger partial charge in [0.15, 0.2) is 0 Å². The van der Waals surface area contributed by atoms with Crippen LogP contribution >= 0.6 is 0 Å². The molecule has 2 heterocycles.